The van der Waals surface area contributed by atoms with Crippen LogP contribution in [-0.2, 0) is 24.8 Å². The summed E-state index contributed by atoms with van der Waals surface area (Å²) < 4.78 is 1.61. The van der Waals surface area contributed by atoms with Crippen LogP contribution in [0.3, 0.4) is 0 Å². The second kappa shape index (κ2) is 7.45. The van der Waals surface area contributed by atoms with E-state index in [2.05, 4.69) is 4.90 Å². The molecule has 0 spiro atoms. The van der Waals surface area contributed by atoms with E-state index in [1.54, 1.807) is 17.7 Å². The first-order valence-corrected chi connectivity index (χ1v) is 8.31. The highest BCUT2D eigenvalue weighted by Gasteiger charge is 2.21. The molecule has 3 rings (SSSR count). The third-order valence-corrected chi connectivity index (χ3v) is 4.48. The lowest BCUT2D eigenvalue weighted by molar-refractivity contribution is -0.132. The third kappa shape index (κ3) is 4.11. The summed E-state index contributed by atoms with van der Waals surface area (Å²) in [4.78, 5) is 28.1. The van der Waals surface area contributed by atoms with E-state index in [4.69, 9.17) is 0 Å². The Balaban J connectivity index is 1.51. The Kier molecular flexibility index (Phi) is 5.11. The van der Waals surface area contributed by atoms with E-state index in [1.807, 2.05) is 47.5 Å². The fourth-order valence-electron chi connectivity index (χ4n) is 3.04. The molecule has 1 aliphatic rings. The number of benzene rings is 1. The zero-order valence-corrected chi connectivity index (χ0v) is 14.0. The number of piperazine rings is 1. The van der Waals surface area contributed by atoms with Crippen LogP contribution in [0.5, 0.6) is 0 Å². The van der Waals surface area contributed by atoms with Gasteiger partial charge in [-0.25, -0.2) is 0 Å². The van der Waals surface area contributed by atoms with Gasteiger partial charge in [0, 0.05) is 52.0 Å². The Labute approximate surface area is 142 Å². The second-order valence-corrected chi connectivity index (χ2v) is 6.31. The van der Waals surface area contributed by atoms with Crippen LogP contribution >= 0.6 is 0 Å². The van der Waals surface area contributed by atoms with Gasteiger partial charge in [0.1, 0.15) is 0 Å². The van der Waals surface area contributed by atoms with Crippen molar-refractivity contribution in [1.29, 1.82) is 0 Å². The molecule has 5 heteroatoms. The number of carbonyl (C=O) groups excluding carboxylic acids is 1. The molecule has 0 atom stereocenters. The lowest BCUT2D eigenvalue weighted by atomic mass is 10.1. The van der Waals surface area contributed by atoms with E-state index in [9.17, 15) is 9.59 Å². The normalized spacial score (nSPS) is 15.5. The van der Waals surface area contributed by atoms with E-state index in [0.717, 1.165) is 43.9 Å². The number of pyridine rings is 1. The number of rotatable bonds is 4. The average Bonchev–Trinajstić information content (AvgIpc) is 2.60. The highest BCUT2D eigenvalue weighted by molar-refractivity contribution is 5.78. The maximum atomic E-state index is 12.4. The van der Waals surface area contributed by atoms with Gasteiger partial charge in [-0.05, 0) is 11.1 Å². The van der Waals surface area contributed by atoms with E-state index >= 15 is 0 Å². The number of hydrogen-bond acceptors (Lipinski definition) is 3. The van der Waals surface area contributed by atoms with Crippen LogP contribution < -0.4 is 5.56 Å². The number of nitrogens with zero attached hydrogens (tertiary/aromatic N) is 3. The Morgan fingerprint density at radius 3 is 2.33 bits per heavy atom. The molecule has 5 nitrogen and oxygen atoms in total. The van der Waals surface area contributed by atoms with E-state index in [-0.39, 0.29) is 11.5 Å². The molecule has 1 aromatic heterocycles. The first-order valence-electron chi connectivity index (χ1n) is 8.31. The molecule has 2 heterocycles. The van der Waals surface area contributed by atoms with Crippen molar-refractivity contribution in [2.45, 2.75) is 13.0 Å². The van der Waals surface area contributed by atoms with Crippen molar-refractivity contribution in [2.75, 3.05) is 26.2 Å². The maximum absolute atomic E-state index is 12.4. The number of amides is 1. The summed E-state index contributed by atoms with van der Waals surface area (Å²) in [6.45, 7) is 4.07. The minimum atomic E-state index is 0.00933. The highest BCUT2D eigenvalue weighted by atomic mass is 16.2. The molecule has 2 aromatic rings. The smallest absolute Gasteiger partial charge is 0.250 e. The fraction of sp³-hybridized carbons (Fsp3) is 0.368. The van der Waals surface area contributed by atoms with Gasteiger partial charge in [-0.3, -0.25) is 14.5 Å². The molecule has 1 amide bonds. The molecular formula is C19H23N3O2. The van der Waals surface area contributed by atoms with Gasteiger partial charge >= 0.3 is 0 Å². The van der Waals surface area contributed by atoms with Gasteiger partial charge in [0.2, 0.25) is 11.5 Å². The minimum Gasteiger partial charge on any atom is -0.340 e. The molecule has 0 radical (unpaired) electrons. The zero-order chi connectivity index (χ0) is 16.9. The van der Waals surface area contributed by atoms with Gasteiger partial charge in [0.15, 0.2) is 0 Å². The van der Waals surface area contributed by atoms with E-state index in [1.165, 1.54) is 0 Å². The summed E-state index contributed by atoms with van der Waals surface area (Å²) in [5.74, 6) is 0.197. The van der Waals surface area contributed by atoms with E-state index in [0.29, 0.717) is 6.42 Å². The largest absolute Gasteiger partial charge is 0.340 e. The van der Waals surface area contributed by atoms with Crippen molar-refractivity contribution in [2.24, 2.45) is 7.05 Å². The predicted octanol–water partition coefficient (Wildman–Crippen LogP) is 1.27. The Morgan fingerprint density at radius 2 is 1.67 bits per heavy atom. The van der Waals surface area contributed by atoms with Crippen LogP contribution in [0.15, 0.2) is 53.5 Å². The molecule has 1 aliphatic heterocycles. The Bertz CT molecular complexity index is 747. The van der Waals surface area contributed by atoms with Crippen LogP contribution in [0.4, 0.5) is 0 Å². The van der Waals surface area contributed by atoms with Crippen molar-refractivity contribution in [3.8, 4) is 0 Å². The minimum absolute atomic E-state index is 0.00933. The van der Waals surface area contributed by atoms with Crippen LogP contribution in [0.25, 0.3) is 0 Å². The van der Waals surface area contributed by atoms with Crippen molar-refractivity contribution in [3.05, 3.63) is 70.1 Å². The van der Waals surface area contributed by atoms with Crippen molar-refractivity contribution >= 4 is 5.91 Å². The van der Waals surface area contributed by atoms with Crippen LogP contribution in [0, 0.1) is 0 Å². The summed E-state index contributed by atoms with van der Waals surface area (Å²) in [6.07, 6.45) is 2.36. The van der Waals surface area contributed by atoms with Gasteiger partial charge in [-0.2, -0.15) is 0 Å². The topological polar surface area (TPSA) is 45.5 Å². The van der Waals surface area contributed by atoms with Crippen molar-refractivity contribution in [1.82, 2.24) is 14.4 Å². The zero-order valence-electron chi connectivity index (χ0n) is 14.0. The molecular weight excluding hydrogens is 302 g/mol. The van der Waals surface area contributed by atoms with Crippen molar-refractivity contribution < 1.29 is 4.79 Å². The van der Waals surface area contributed by atoms with Gasteiger partial charge in [-0.1, -0.05) is 36.4 Å². The summed E-state index contributed by atoms with van der Waals surface area (Å²) in [7, 11) is 1.77. The predicted molar refractivity (Wildman–Crippen MR) is 93.7 cm³/mol. The molecule has 0 aliphatic carbocycles. The Morgan fingerprint density at radius 1 is 0.958 bits per heavy atom. The summed E-state index contributed by atoms with van der Waals surface area (Å²) in [5.41, 5.74) is 2.20. The molecule has 24 heavy (non-hydrogen) atoms. The maximum Gasteiger partial charge on any atom is 0.250 e. The van der Waals surface area contributed by atoms with Gasteiger partial charge in [0.25, 0.3) is 0 Å². The van der Waals surface area contributed by atoms with Crippen LogP contribution in [-0.4, -0.2) is 46.5 Å². The number of carbonyl (C=O) groups is 1. The molecule has 0 N–H and O–H groups in total. The monoisotopic (exact) mass is 325 g/mol. The van der Waals surface area contributed by atoms with Crippen molar-refractivity contribution in [3.63, 3.8) is 0 Å². The molecule has 1 aromatic carbocycles. The van der Waals surface area contributed by atoms with Gasteiger partial charge in [-0.15, -0.1) is 0 Å². The number of hydrogen-bond donors (Lipinski definition) is 0. The highest BCUT2D eigenvalue weighted by Crippen LogP contribution is 2.09. The number of aromatic nitrogens is 1. The molecule has 0 bridgehead atoms. The summed E-state index contributed by atoms with van der Waals surface area (Å²) in [5, 5.41) is 0. The number of aryl methyl sites for hydroxylation is 1. The molecule has 0 saturated carbocycles. The fourth-order valence-corrected chi connectivity index (χ4v) is 3.04. The SMILES string of the molecule is Cn1cc(CN2CCN(C(=O)Cc3ccccc3)CC2)ccc1=O. The first kappa shape index (κ1) is 16.5. The quantitative estimate of drug-likeness (QED) is 0.850. The van der Waals surface area contributed by atoms with Crippen LogP contribution in [0.1, 0.15) is 11.1 Å². The summed E-state index contributed by atoms with van der Waals surface area (Å²) in [6, 6.07) is 13.4. The molecule has 126 valence electrons. The summed E-state index contributed by atoms with van der Waals surface area (Å²) >= 11 is 0. The second-order valence-electron chi connectivity index (χ2n) is 6.31. The Hall–Kier alpha value is -2.40. The third-order valence-electron chi connectivity index (χ3n) is 4.48. The van der Waals surface area contributed by atoms with E-state index < -0.39 is 0 Å². The van der Waals surface area contributed by atoms with Gasteiger partial charge < -0.3 is 9.47 Å². The lowest BCUT2D eigenvalue weighted by Gasteiger charge is -2.34. The molecule has 1 saturated heterocycles. The average molecular weight is 325 g/mol. The molecule has 1 fully saturated rings. The molecule has 0 unspecified atom stereocenters. The van der Waals surface area contributed by atoms with Crippen LogP contribution in [0.2, 0.25) is 0 Å². The first-order chi connectivity index (χ1) is 11.6. The standard InChI is InChI=1S/C19H23N3O2/c1-20-14-17(7-8-18(20)23)15-21-9-11-22(12-10-21)19(24)13-16-5-3-2-4-6-16/h2-8,14H,9-13,15H2,1H3. The lowest BCUT2D eigenvalue weighted by Crippen LogP contribution is -2.48. The van der Waals surface area contributed by atoms with Gasteiger partial charge in [0.05, 0.1) is 6.42 Å².